The normalized spacial score (nSPS) is 17.1. The van der Waals surface area contributed by atoms with Gasteiger partial charge in [0.05, 0.1) is 11.4 Å². The van der Waals surface area contributed by atoms with Crippen molar-refractivity contribution in [2.45, 2.75) is 65.5 Å². The van der Waals surface area contributed by atoms with Crippen LogP contribution < -0.4 is 16.0 Å². The first kappa shape index (κ1) is 33.4. The average molecular weight is 613 g/mol. The molecule has 0 saturated carbocycles. The van der Waals surface area contributed by atoms with Gasteiger partial charge in [0, 0.05) is 60.7 Å². The number of fused-ring (bicyclic) bond motifs is 1. The molecule has 0 radical (unpaired) electrons. The van der Waals surface area contributed by atoms with E-state index in [2.05, 4.69) is 42.5 Å². The number of allylic oxidation sites excluding steroid dienone is 4. The van der Waals surface area contributed by atoms with Crippen molar-refractivity contribution >= 4 is 28.9 Å². The highest BCUT2D eigenvalue weighted by Crippen LogP contribution is 2.46. The second-order valence-electron chi connectivity index (χ2n) is 11.8. The number of nitrogen functional groups attached to an aromatic ring is 1. The Bertz CT molecular complexity index is 1590. The van der Waals surface area contributed by atoms with Crippen molar-refractivity contribution in [3.63, 3.8) is 0 Å². The number of rotatable bonds is 14. The zero-order chi connectivity index (χ0) is 32.6. The molecule has 10 nitrogen and oxygen atoms in total. The number of hydrogen-bond donors (Lipinski definition) is 4. The molecule has 3 aromatic rings. The lowest BCUT2D eigenvalue weighted by atomic mass is 9.82. The highest BCUT2D eigenvalue weighted by Gasteiger charge is 2.52. The van der Waals surface area contributed by atoms with E-state index in [1.165, 1.54) is 5.57 Å². The molecule has 0 fully saturated rings. The molecule has 10 heteroatoms. The van der Waals surface area contributed by atoms with Gasteiger partial charge < -0.3 is 26.2 Å². The number of anilines is 3. The van der Waals surface area contributed by atoms with Crippen molar-refractivity contribution in [1.82, 2.24) is 15.0 Å². The molecule has 2 atom stereocenters. The number of carbonyl (C=O) groups is 2. The van der Waals surface area contributed by atoms with Crippen LogP contribution in [0.3, 0.4) is 0 Å². The van der Waals surface area contributed by atoms with Crippen LogP contribution >= 0.6 is 0 Å². The number of aliphatic hydroxyl groups excluding tert-OH is 1. The number of nitrogens with two attached hydrogens (primary N) is 1. The summed E-state index contributed by atoms with van der Waals surface area (Å²) in [6.45, 7) is 8.92. The third-order valence-corrected chi connectivity index (χ3v) is 7.98. The summed E-state index contributed by atoms with van der Waals surface area (Å²) in [6.07, 6.45) is 12.7. The molecule has 2 amide bonds. The number of benzene rings is 2. The van der Waals surface area contributed by atoms with Gasteiger partial charge >= 0.3 is 0 Å². The molecule has 0 spiro atoms. The molecule has 238 valence electrons. The largest absolute Gasteiger partial charge is 0.399 e. The Balaban J connectivity index is 1.57. The highest BCUT2D eigenvalue weighted by atomic mass is 16.3. The van der Waals surface area contributed by atoms with Crippen molar-refractivity contribution in [2.75, 3.05) is 29.1 Å². The standard InChI is InChI=1S/C35H44N6O4/c1-24(2)8-7-9-25(3)17-20-41-32-16-15-29(37-33(43)27-11-13-28(36)14-12-27)22-31(32)35(45,34(41)44)26(4)10-5-6-19-40-23-30(18-21-42)38-39-40/h5,8,10-17,22-23,26,42,45H,6-7,9,18-21,36H2,1-4H3,(H,37,43)/b10-5+,25-17+/t26-,35+/m0/s1. The van der Waals surface area contributed by atoms with Crippen molar-refractivity contribution in [2.24, 2.45) is 5.92 Å². The topological polar surface area (TPSA) is 147 Å². The van der Waals surface area contributed by atoms with Gasteiger partial charge in [-0.2, -0.15) is 0 Å². The van der Waals surface area contributed by atoms with Gasteiger partial charge in [0.15, 0.2) is 5.60 Å². The Morgan fingerprint density at radius 3 is 2.58 bits per heavy atom. The Morgan fingerprint density at radius 2 is 1.87 bits per heavy atom. The smallest absolute Gasteiger partial charge is 0.264 e. The fourth-order valence-electron chi connectivity index (χ4n) is 5.30. The summed E-state index contributed by atoms with van der Waals surface area (Å²) in [6, 6.07) is 11.8. The molecule has 4 rings (SSSR count). The average Bonchev–Trinajstić information content (AvgIpc) is 3.54. The summed E-state index contributed by atoms with van der Waals surface area (Å²) in [5, 5.41) is 32.3. The van der Waals surface area contributed by atoms with Crippen LogP contribution in [0, 0.1) is 5.92 Å². The van der Waals surface area contributed by atoms with E-state index in [1.807, 2.05) is 25.2 Å². The van der Waals surface area contributed by atoms with Gasteiger partial charge in [0.1, 0.15) is 0 Å². The van der Waals surface area contributed by atoms with Crippen LogP contribution in [0.1, 0.15) is 68.6 Å². The Morgan fingerprint density at radius 1 is 1.11 bits per heavy atom. The predicted molar refractivity (Wildman–Crippen MR) is 178 cm³/mol. The summed E-state index contributed by atoms with van der Waals surface area (Å²) in [5.41, 5.74) is 9.61. The number of aliphatic hydroxyl groups is 2. The summed E-state index contributed by atoms with van der Waals surface area (Å²) in [4.78, 5) is 28.6. The van der Waals surface area contributed by atoms with Crippen LogP contribution in [0.4, 0.5) is 17.1 Å². The van der Waals surface area contributed by atoms with Crippen LogP contribution in [0.15, 0.2) is 84.1 Å². The van der Waals surface area contributed by atoms with Crippen LogP contribution in [-0.4, -0.2) is 50.2 Å². The molecule has 0 unspecified atom stereocenters. The highest BCUT2D eigenvalue weighted by molar-refractivity contribution is 6.09. The molecule has 1 aliphatic heterocycles. The van der Waals surface area contributed by atoms with Gasteiger partial charge in [-0.05, 0) is 82.5 Å². The molecule has 2 aromatic carbocycles. The molecular formula is C35H44N6O4. The summed E-state index contributed by atoms with van der Waals surface area (Å²) >= 11 is 0. The molecular weight excluding hydrogens is 568 g/mol. The number of aromatic nitrogens is 3. The van der Waals surface area contributed by atoms with Crippen LogP contribution in [0.2, 0.25) is 0 Å². The second-order valence-corrected chi connectivity index (χ2v) is 11.8. The molecule has 45 heavy (non-hydrogen) atoms. The van der Waals surface area contributed by atoms with E-state index in [0.717, 1.165) is 24.1 Å². The fraction of sp³-hybridized carbons (Fsp3) is 0.371. The quantitative estimate of drug-likeness (QED) is 0.145. The number of carbonyl (C=O) groups excluding carboxylic acids is 2. The zero-order valence-corrected chi connectivity index (χ0v) is 26.5. The molecule has 1 aromatic heterocycles. The van der Waals surface area contributed by atoms with Crippen LogP contribution in [0.25, 0.3) is 0 Å². The summed E-state index contributed by atoms with van der Waals surface area (Å²) < 4.78 is 1.70. The van der Waals surface area contributed by atoms with Gasteiger partial charge in [-0.3, -0.25) is 14.3 Å². The van der Waals surface area contributed by atoms with Crippen molar-refractivity contribution in [3.05, 3.63) is 101 Å². The maximum Gasteiger partial charge on any atom is 0.264 e. The Labute approximate surface area is 264 Å². The van der Waals surface area contributed by atoms with E-state index < -0.39 is 17.4 Å². The summed E-state index contributed by atoms with van der Waals surface area (Å²) in [7, 11) is 0. The Kier molecular flexibility index (Phi) is 11.1. The predicted octanol–water partition coefficient (Wildman–Crippen LogP) is 5.16. The number of nitrogens with one attached hydrogen (secondary N) is 1. The van der Waals surface area contributed by atoms with Crippen molar-refractivity contribution < 1.29 is 19.8 Å². The van der Waals surface area contributed by atoms with E-state index in [0.29, 0.717) is 54.1 Å². The maximum atomic E-state index is 14.0. The molecule has 0 bridgehead atoms. The summed E-state index contributed by atoms with van der Waals surface area (Å²) in [5.74, 6) is -1.30. The number of nitrogens with zero attached hydrogens (tertiary/aromatic N) is 4. The molecule has 5 N–H and O–H groups in total. The van der Waals surface area contributed by atoms with Gasteiger partial charge in [0.25, 0.3) is 11.8 Å². The lowest BCUT2D eigenvalue weighted by molar-refractivity contribution is -0.139. The van der Waals surface area contributed by atoms with E-state index in [9.17, 15) is 14.7 Å². The zero-order valence-electron chi connectivity index (χ0n) is 26.5. The first-order chi connectivity index (χ1) is 21.5. The first-order valence-corrected chi connectivity index (χ1v) is 15.3. The second kappa shape index (κ2) is 15.0. The third-order valence-electron chi connectivity index (χ3n) is 7.98. The maximum absolute atomic E-state index is 14.0. The fourth-order valence-corrected chi connectivity index (χ4v) is 5.30. The van der Waals surface area contributed by atoms with Gasteiger partial charge in [-0.15, -0.1) is 5.10 Å². The van der Waals surface area contributed by atoms with E-state index in [-0.39, 0.29) is 12.5 Å². The third kappa shape index (κ3) is 8.14. The van der Waals surface area contributed by atoms with Crippen LogP contribution in [0.5, 0.6) is 0 Å². The van der Waals surface area contributed by atoms with Crippen molar-refractivity contribution in [1.29, 1.82) is 0 Å². The molecule has 1 aliphatic rings. The van der Waals surface area contributed by atoms with Gasteiger partial charge in [-0.1, -0.05) is 47.6 Å². The van der Waals surface area contributed by atoms with E-state index in [1.54, 1.807) is 58.2 Å². The van der Waals surface area contributed by atoms with E-state index in [4.69, 9.17) is 10.8 Å². The lowest BCUT2D eigenvalue weighted by Crippen LogP contribution is -2.44. The molecule has 2 heterocycles. The van der Waals surface area contributed by atoms with Crippen LogP contribution in [-0.2, 0) is 23.4 Å². The van der Waals surface area contributed by atoms with E-state index >= 15 is 0 Å². The first-order valence-electron chi connectivity index (χ1n) is 15.3. The number of amides is 2. The minimum Gasteiger partial charge on any atom is -0.399 e. The molecule has 0 saturated heterocycles. The minimum atomic E-state index is -1.83. The molecule has 0 aliphatic carbocycles. The number of hydrogen-bond acceptors (Lipinski definition) is 7. The SMILES string of the molecule is CC(C)=CCC/C(C)=C/CN1C(=O)[C@@](O)([C@@H](C)/C=C/CCn2cc(CCO)nn2)c2cc(NC(=O)c3ccc(N)cc3)ccc21. The Hall–Kier alpha value is -4.54. The lowest BCUT2D eigenvalue weighted by Gasteiger charge is -2.27. The van der Waals surface area contributed by atoms with Gasteiger partial charge in [0.2, 0.25) is 0 Å². The monoisotopic (exact) mass is 612 g/mol. The number of aryl methyl sites for hydroxylation is 1. The van der Waals surface area contributed by atoms with Crippen molar-refractivity contribution in [3.8, 4) is 0 Å². The van der Waals surface area contributed by atoms with Gasteiger partial charge in [-0.25, -0.2) is 0 Å². The minimum absolute atomic E-state index is 0.0131.